The molecule has 1 aromatic rings. The molecule has 0 aliphatic rings. The van der Waals surface area contributed by atoms with Crippen LogP contribution in [0.2, 0.25) is 0 Å². The Bertz CT molecular complexity index is 253. The van der Waals surface area contributed by atoms with Crippen molar-refractivity contribution >= 4 is 37.9 Å². The van der Waals surface area contributed by atoms with Gasteiger partial charge in [-0.25, -0.2) is 0 Å². The Balaban J connectivity index is 3.27. The van der Waals surface area contributed by atoms with Gasteiger partial charge in [0.05, 0.1) is 0 Å². The SMILES string of the molecule is C=Cc1cccc(Br)c1Br. The van der Waals surface area contributed by atoms with Crippen LogP contribution < -0.4 is 0 Å². The lowest BCUT2D eigenvalue weighted by atomic mass is 10.2. The highest BCUT2D eigenvalue weighted by atomic mass is 79.9. The van der Waals surface area contributed by atoms with E-state index in [9.17, 15) is 0 Å². The lowest BCUT2D eigenvalue weighted by Gasteiger charge is -1.98. The summed E-state index contributed by atoms with van der Waals surface area (Å²) in [6, 6.07) is 5.96. The molecule has 0 aliphatic carbocycles. The van der Waals surface area contributed by atoms with E-state index in [1.54, 1.807) is 0 Å². The molecule has 0 nitrogen and oxygen atoms in total. The maximum absolute atomic E-state index is 3.68. The van der Waals surface area contributed by atoms with E-state index in [4.69, 9.17) is 0 Å². The Hall–Kier alpha value is -0.0800. The first kappa shape index (κ1) is 8.02. The van der Waals surface area contributed by atoms with E-state index in [-0.39, 0.29) is 0 Å². The Morgan fingerprint density at radius 2 is 2.00 bits per heavy atom. The molecular weight excluding hydrogens is 256 g/mol. The zero-order valence-corrected chi connectivity index (χ0v) is 8.44. The summed E-state index contributed by atoms with van der Waals surface area (Å²) in [6.07, 6.45) is 1.81. The molecule has 10 heavy (non-hydrogen) atoms. The highest BCUT2D eigenvalue weighted by Gasteiger charge is 1.97. The fourth-order valence-electron chi connectivity index (χ4n) is 0.678. The normalized spacial score (nSPS) is 9.40. The number of hydrogen-bond acceptors (Lipinski definition) is 0. The van der Waals surface area contributed by atoms with Crippen LogP contribution in [-0.4, -0.2) is 0 Å². The van der Waals surface area contributed by atoms with Crippen molar-refractivity contribution in [1.29, 1.82) is 0 Å². The van der Waals surface area contributed by atoms with Gasteiger partial charge in [-0.2, -0.15) is 0 Å². The molecule has 0 N–H and O–H groups in total. The standard InChI is InChI=1S/C8H6Br2/c1-2-6-4-3-5-7(9)8(6)10/h2-5H,1H2. The third-order valence-corrected chi connectivity index (χ3v) is 3.28. The summed E-state index contributed by atoms with van der Waals surface area (Å²) in [7, 11) is 0. The molecule has 0 spiro atoms. The molecule has 0 bridgehead atoms. The first-order valence-electron chi connectivity index (χ1n) is 2.82. The van der Waals surface area contributed by atoms with Crippen LogP contribution in [0.1, 0.15) is 5.56 Å². The molecule has 0 saturated carbocycles. The highest BCUT2D eigenvalue weighted by molar-refractivity contribution is 9.13. The van der Waals surface area contributed by atoms with Gasteiger partial charge in [-0.15, -0.1) is 0 Å². The number of hydrogen-bond donors (Lipinski definition) is 0. The zero-order valence-electron chi connectivity index (χ0n) is 5.27. The summed E-state index contributed by atoms with van der Waals surface area (Å²) >= 11 is 6.81. The fourth-order valence-corrected chi connectivity index (χ4v) is 1.49. The molecule has 0 aromatic heterocycles. The molecule has 1 aromatic carbocycles. The van der Waals surface area contributed by atoms with Crippen molar-refractivity contribution in [3.63, 3.8) is 0 Å². The van der Waals surface area contributed by atoms with Crippen LogP contribution >= 0.6 is 31.9 Å². The first-order valence-corrected chi connectivity index (χ1v) is 4.40. The molecule has 0 atom stereocenters. The zero-order chi connectivity index (χ0) is 7.56. The van der Waals surface area contributed by atoms with Gasteiger partial charge in [-0.05, 0) is 43.5 Å². The van der Waals surface area contributed by atoms with Crippen molar-refractivity contribution in [2.45, 2.75) is 0 Å². The average Bonchev–Trinajstić information content (AvgIpc) is 1.95. The quantitative estimate of drug-likeness (QED) is 0.720. The van der Waals surface area contributed by atoms with Crippen molar-refractivity contribution in [2.75, 3.05) is 0 Å². The van der Waals surface area contributed by atoms with E-state index in [0.717, 1.165) is 14.5 Å². The Morgan fingerprint density at radius 1 is 1.30 bits per heavy atom. The molecule has 0 amide bonds. The minimum atomic E-state index is 1.06. The largest absolute Gasteiger partial charge is 0.0984 e. The second-order valence-electron chi connectivity index (χ2n) is 1.85. The molecule has 0 saturated heterocycles. The number of benzene rings is 1. The maximum atomic E-state index is 3.68. The van der Waals surface area contributed by atoms with Crippen LogP contribution in [0, 0.1) is 0 Å². The van der Waals surface area contributed by atoms with Gasteiger partial charge < -0.3 is 0 Å². The predicted octanol–water partition coefficient (Wildman–Crippen LogP) is 3.85. The van der Waals surface area contributed by atoms with Crippen molar-refractivity contribution in [1.82, 2.24) is 0 Å². The minimum absolute atomic E-state index is 1.06. The molecule has 0 aliphatic heterocycles. The van der Waals surface area contributed by atoms with Crippen molar-refractivity contribution in [3.8, 4) is 0 Å². The molecule has 0 heterocycles. The van der Waals surface area contributed by atoms with E-state index in [2.05, 4.69) is 38.4 Å². The van der Waals surface area contributed by atoms with Gasteiger partial charge in [0.15, 0.2) is 0 Å². The summed E-state index contributed by atoms with van der Waals surface area (Å²) in [5.41, 5.74) is 1.11. The minimum Gasteiger partial charge on any atom is -0.0984 e. The molecule has 0 fully saturated rings. The van der Waals surface area contributed by atoms with E-state index in [1.807, 2.05) is 24.3 Å². The predicted molar refractivity (Wildman–Crippen MR) is 51.9 cm³/mol. The second kappa shape index (κ2) is 3.35. The van der Waals surface area contributed by atoms with Gasteiger partial charge in [0.1, 0.15) is 0 Å². The van der Waals surface area contributed by atoms with Crippen LogP contribution in [0.25, 0.3) is 6.08 Å². The first-order chi connectivity index (χ1) is 4.75. The topological polar surface area (TPSA) is 0 Å². The smallest absolute Gasteiger partial charge is 0.0389 e. The average molecular weight is 262 g/mol. The Labute approximate surface area is 77.2 Å². The van der Waals surface area contributed by atoms with Gasteiger partial charge in [0.25, 0.3) is 0 Å². The lowest BCUT2D eigenvalue weighted by molar-refractivity contribution is 1.55. The maximum Gasteiger partial charge on any atom is 0.0389 e. The van der Waals surface area contributed by atoms with Crippen LogP contribution in [0.4, 0.5) is 0 Å². The van der Waals surface area contributed by atoms with Crippen molar-refractivity contribution in [2.24, 2.45) is 0 Å². The Morgan fingerprint density at radius 3 is 2.50 bits per heavy atom. The van der Waals surface area contributed by atoms with Crippen LogP contribution in [0.5, 0.6) is 0 Å². The third-order valence-electron chi connectivity index (χ3n) is 1.20. The van der Waals surface area contributed by atoms with Gasteiger partial charge in [-0.1, -0.05) is 24.8 Å². The van der Waals surface area contributed by atoms with E-state index in [1.165, 1.54) is 0 Å². The molecule has 0 unspecified atom stereocenters. The van der Waals surface area contributed by atoms with Gasteiger partial charge in [0.2, 0.25) is 0 Å². The number of rotatable bonds is 1. The van der Waals surface area contributed by atoms with Gasteiger partial charge >= 0.3 is 0 Å². The van der Waals surface area contributed by atoms with Crippen LogP contribution in [0.3, 0.4) is 0 Å². The third kappa shape index (κ3) is 1.50. The van der Waals surface area contributed by atoms with Crippen LogP contribution in [-0.2, 0) is 0 Å². The van der Waals surface area contributed by atoms with E-state index in [0.29, 0.717) is 0 Å². The molecule has 0 radical (unpaired) electrons. The van der Waals surface area contributed by atoms with Crippen molar-refractivity contribution < 1.29 is 0 Å². The lowest BCUT2D eigenvalue weighted by Crippen LogP contribution is -1.74. The van der Waals surface area contributed by atoms with E-state index >= 15 is 0 Å². The molecule has 2 heteroatoms. The molecule has 1 rings (SSSR count). The van der Waals surface area contributed by atoms with Gasteiger partial charge in [-0.3, -0.25) is 0 Å². The van der Waals surface area contributed by atoms with E-state index < -0.39 is 0 Å². The molecular formula is C8H6Br2. The summed E-state index contributed by atoms with van der Waals surface area (Å²) in [6.45, 7) is 3.68. The summed E-state index contributed by atoms with van der Waals surface area (Å²) in [4.78, 5) is 0. The van der Waals surface area contributed by atoms with Crippen molar-refractivity contribution in [3.05, 3.63) is 39.3 Å². The monoisotopic (exact) mass is 260 g/mol. The summed E-state index contributed by atoms with van der Waals surface area (Å²) < 4.78 is 2.12. The highest BCUT2D eigenvalue weighted by Crippen LogP contribution is 2.26. The second-order valence-corrected chi connectivity index (χ2v) is 3.49. The van der Waals surface area contributed by atoms with Gasteiger partial charge in [0, 0.05) is 8.95 Å². The van der Waals surface area contributed by atoms with Crippen LogP contribution in [0.15, 0.2) is 33.7 Å². The summed E-state index contributed by atoms with van der Waals surface area (Å²) in [5, 5.41) is 0. The Kier molecular flexibility index (Phi) is 2.69. The fraction of sp³-hybridized carbons (Fsp3) is 0. The number of halogens is 2. The molecule has 52 valence electrons. The summed E-state index contributed by atoms with van der Waals surface area (Å²) in [5.74, 6) is 0.